The number of aromatic nitrogens is 4. The zero-order valence-corrected chi connectivity index (χ0v) is 14.6. The van der Waals surface area contributed by atoms with Crippen LogP contribution in [-0.4, -0.2) is 43.8 Å². The molecular weight excluding hydrogens is 326 g/mol. The lowest BCUT2D eigenvalue weighted by atomic mass is 10.2. The Morgan fingerprint density at radius 3 is 2.92 bits per heavy atom. The van der Waals surface area contributed by atoms with E-state index in [0.29, 0.717) is 23.4 Å². The third-order valence-corrected chi connectivity index (χ3v) is 5.06. The van der Waals surface area contributed by atoms with Crippen LogP contribution in [0.3, 0.4) is 0 Å². The van der Waals surface area contributed by atoms with Gasteiger partial charge in [0.25, 0.3) is 0 Å². The molecule has 3 heterocycles. The van der Waals surface area contributed by atoms with Crippen LogP contribution in [0.25, 0.3) is 0 Å². The molecule has 1 aliphatic heterocycles. The number of pyridine rings is 1. The lowest BCUT2D eigenvalue weighted by molar-refractivity contribution is 0.201. The Labute approximate surface area is 146 Å². The quantitative estimate of drug-likeness (QED) is 0.832. The Balaban J connectivity index is 1.44. The number of fused-ring (bicyclic) bond motifs is 1. The highest BCUT2D eigenvalue weighted by Crippen LogP contribution is 2.31. The van der Waals surface area contributed by atoms with Crippen molar-refractivity contribution in [3.05, 3.63) is 35.1 Å². The molecule has 2 aliphatic rings. The second-order valence-corrected chi connectivity index (χ2v) is 7.24. The van der Waals surface area contributed by atoms with Crippen LogP contribution >= 0.6 is 11.6 Å². The fourth-order valence-corrected chi connectivity index (χ4v) is 3.42. The molecule has 128 valence electrons. The van der Waals surface area contributed by atoms with E-state index in [1.807, 2.05) is 0 Å². The first kappa shape index (κ1) is 15.8. The second-order valence-electron chi connectivity index (χ2n) is 6.80. The van der Waals surface area contributed by atoms with Crippen LogP contribution in [0.1, 0.15) is 31.4 Å². The predicted octanol–water partition coefficient (Wildman–Crippen LogP) is 2.56. The van der Waals surface area contributed by atoms with Crippen molar-refractivity contribution in [3.8, 4) is 5.75 Å². The maximum Gasteiger partial charge on any atom is 0.171 e. The van der Waals surface area contributed by atoms with Gasteiger partial charge in [-0.05, 0) is 25.7 Å². The lowest BCUT2D eigenvalue weighted by Gasteiger charge is -2.26. The topological polar surface area (TPSA) is 56.1 Å². The van der Waals surface area contributed by atoms with Gasteiger partial charge in [-0.2, -0.15) is 0 Å². The van der Waals surface area contributed by atoms with Crippen molar-refractivity contribution in [1.82, 2.24) is 24.6 Å². The number of rotatable bonds is 5. The average molecular weight is 348 g/mol. The Morgan fingerprint density at radius 2 is 2.12 bits per heavy atom. The molecule has 6 nitrogen and oxygen atoms in total. The third kappa shape index (κ3) is 3.54. The van der Waals surface area contributed by atoms with E-state index in [4.69, 9.17) is 16.3 Å². The van der Waals surface area contributed by atoms with E-state index in [0.717, 1.165) is 37.1 Å². The van der Waals surface area contributed by atoms with Gasteiger partial charge in [0.05, 0.1) is 11.2 Å². The standard InChI is InChI=1S/C17H22ClN5O/c1-12-6-16-20-21-17(11-24-15-7-14(18)8-19-9-15)23(16)5-4-22(12)10-13-2-3-13/h7-9,12-13H,2-6,10-11H2,1H3/t12-/m0/s1. The first-order valence-corrected chi connectivity index (χ1v) is 8.95. The van der Waals surface area contributed by atoms with Gasteiger partial charge in [-0.25, -0.2) is 0 Å². The van der Waals surface area contributed by atoms with Crippen molar-refractivity contribution in [2.75, 3.05) is 13.1 Å². The van der Waals surface area contributed by atoms with Crippen LogP contribution in [-0.2, 0) is 19.6 Å². The summed E-state index contributed by atoms with van der Waals surface area (Å²) in [6.07, 6.45) is 6.97. The van der Waals surface area contributed by atoms with Crippen LogP contribution in [0.5, 0.6) is 5.75 Å². The lowest BCUT2D eigenvalue weighted by Crippen LogP contribution is -2.36. The number of halogens is 1. The molecule has 0 bridgehead atoms. The molecule has 1 saturated carbocycles. The molecule has 24 heavy (non-hydrogen) atoms. The highest BCUT2D eigenvalue weighted by atomic mass is 35.5. The summed E-state index contributed by atoms with van der Waals surface area (Å²) in [5.74, 6) is 3.49. The summed E-state index contributed by atoms with van der Waals surface area (Å²) in [4.78, 5) is 6.63. The molecular formula is C17H22ClN5O. The van der Waals surface area contributed by atoms with Gasteiger partial charge >= 0.3 is 0 Å². The van der Waals surface area contributed by atoms with Crippen LogP contribution in [0.2, 0.25) is 5.02 Å². The van der Waals surface area contributed by atoms with Gasteiger partial charge in [-0.3, -0.25) is 9.88 Å². The Morgan fingerprint density at radius 1 is 1.25 bits per heavy atom. The maximum atomic E-state index is 5.94. The molecule has 0 N–H and O–H groups in total. The van der Waals surface area contributed by atoms with Crippen molar-refractivity contribution in [2.24, 2.45) is 5.92 Å². The minimum absolute atomic E-state index is 0.381. The number of ether oxygens (including phenoxy) is 1. The maximum absolute atomic E-state index is 5.94. The highest BCUT2D eigenvalue weighted by molar-refractivity contribution is 6.30. The smallest absolute Gasteiger partial charge is 0.171 e. The average Bonchev–Trinajstić information content (AvgIpc) is 3.33. The second kappa shape index (κ2) is 6.69. The highest BCUT2D eigenvalue weighted by Gasteiger charge is 2.29. The van der Waals surface area contributed by atoms with Crippen LogP contribution in [0.15, 0.2) is 18.5 Å². The molecule has 0 spiro atoms. The van der Waals surface area contributed by atoms with Crippen molar-refractivity contribution in [1.29, 1.82) is 0 Å². The number of hydrogen-bond donors (Lipinski definition) is 0. The van der Waals surface area contributed by atoms with Crippen molar-refractivity contribution in [3.63, 3.8) is 0 Å². The van der Waals surface area contributed by atoms with Crippen LogP contribution in [0.4, 0.5) is 0 Å². The van der Waals surface area contributed by atoms with Gasteiger partial charge in [0.1, 0.15) is 18.2 Å². The molecule has 1 fully saturated rings. The molecule has 0 radical (unpaired) electrons. The summed E-state index contributed by atoms with van der Waals surface area (Å²) in [7, 11) is 0. The molecule has 2 aromatic rings. The number of hydrogen-bond acceptors (Lipinski definition) is 5. The van der Waals surface area contributed by atoms with E-state index in [1.54, 1.807) is 18.5 Å². The summed E-state index contributed by atoms with van der Waals surface area (Å²) >= 11 is 5.94. The molecule has 0 unspecified atom stereocenters. The van der Waals surface area contributed by atoms with Crippen molar-refractivity contribution >= 4 is 11.6 Å². The normalized spacial score (nSPS) is 21.3. The fourth-order valence-electron chi connectivity index (χ4n) is 3.25. The molecule has 0 aromatic carbocycles. The predicted molar refractivity (Wildman–Crippen MR) is 91.1 cm³/mol. The van der Waals surface area contributed by atoms with Gasteiger partial charge in [-0.15, -0.1) is 10.2 Å². The van der Waals surface area contributed by atoms with Gasteiger partial charge < -0.3 is 9.30 Å². The van der Waals surface area contributed by atoms with E-state index in [-0.39, 0.29) is 0 Å². The molecule has 0 amide bonds. The molecule has 1 atom stereocenters. The molecule has 0 saturated heterocycles. The van der Waals surface area contributed by atoms with E-state index in [1.165, 1.54) is 19.4 Å². The van der Waals surface area contributed by atoms with E-state index in [2.05, 4.69) is 31.6 Å². The largest absolute Gasteiger partial charge is 0.484 e. The fraction of sp³-hybridized carbons (Fsp3) is 0.588. The summed E-state index contributed by atoms with van der Waals surface area (Å²) in [5, 5.41) is 9.28. The summed E-state index contributed by atoms with van der Waals surface area (Å²) in [5.41, 5.74) is 0. The molecule has 1 aliphatic carbocycles. The molecule has 4 rings (SSSR count). The first-order valence-electron chi connectivity index (χ1n) is 8.57. The summed E-state index contributed by atoms with van der Waals surface area (Å²) in [6, 6.07) is 2.27. The third-order valence-electron chi connectivity index (χ3n) is 4.85. The Hall–Kier alpha value is -1.66. The monoisotopic (exact) mass is 347 g/mol. The minimum Gasteiger partial charge on any atom is -0.484 e. The summed E-state index contributed by atoms with van der Waals surface area (Å²) < 4.78 is 7.99. The number of nitrogens with zero attached hydrogens (tertiary/aromatic N) is 5. The van der Waals surface area contributed by atoms with E-state index < -0.39 is 0 Å². The Kier molecular flexibility index (Phi) is 4.41. The van der Waals surface area contributed by atoms with Crippen molar-refractivity contribution in [2.45, 2.75) is 45.4 Å². The zero-order chi connectivity index (χ0) is 16.5. The van der Waals surface area contributed by atoms with E-state index >= 15 is 0 Å². The van der Waals surface area contributed by atoms with Crippen LogP contribution < -0.4 is 4.74 Å². The minimum atomic E-state index is 0.381. The van der Waals surface area contributed by atoms with Gasteiger partial charge in [0.2, 0.25) is 0 Å². The van der Waals surface area contributed by atoms with Gasteiger partial charge in [0.15, 0.2) is 5.82 Å². The van der Waals surface area contributed by atoms with Crippen LogP contribution in [0, 0.1) is 5.92 Å². The molecule has 2 aromatic heterocycles. The Bertz CT molecular complexity index is 715. The first-order chi connectivity index (χ1) is 11.7. The van der Waals surface area contributed by atoms with E-state index in [9.17, 15) is 0 Å². The van der Waals surface area contributed by atoms with Gasteiger partial charge in [0, 0.05) is 44.4 Å². The SMILES string of the molecule is C[C@H]1Cc2nnc(COc3cncc(Cl)c3)n2CCN1CC1CC1. The molecule has 7 heteroatoms. The summed E-state index contributed by atoms with van der Waals surface area (Å²) in [6.45, 7) is 5.87. The van der Waals surface area contributed by atoms with Crippen molar-refractivity contribution < 1.29 is 4.74 Å². The van der Waals surface area contributed by atoms with Gasteiger partial charge in [-0.1, -0.05) is 11.6 Å². The zero-order valence-electron chi connectivity index (χ0n) is 13.9.